The number of carbonyl (C=O) groups is 2. The highest BCUT2D eigenvalue weighted by Crippen LogP contribution is 2.33. The Kier molecular flexibility index (Phi) is 6.24. The zero-order valence-corrected chi connectivity index (χ0v) is 19.0. The summed E-state index contributed by atoms with van der Waals surface area (Å²) in [5.74, 6) is 0.497. The van der Waals surface area contributed by atoms with E-state index >= 15 is 0 Å². The minimum Gasteiger partial charge on any atom is -0.488 e. The van der Waals surface area contributed by atoms with Crippen molar-refractivity contribution in [3.8, 4) is 5.75 Å². The molecule has 150 valence electrons. The summed E-state index contributed by atoms with van der Waals surface area (Å²) >= 11 is 3.18. The van der Waals surface area contributed by atoms with Crippen molar-refractivity contribution >= 4 is 62.3 Å². The molecule has 1 aliphatic rings. The van der Waals surface area contributed by atoms with Gasteiger partial charge in [-0.2, -0.15) is 0 Å². The predicted octanol–water partition coefficient (Wildman–Crippen LogP) is 6.25. The van der Waals surface area contributed by atoms with Crippen LogP contribution in [0.15, 0.2) is 78.2 Å². The first-order valence-corrected chi connectivity index (χ1v) is 11.2. The van der Waals surface area contributed by atoms with Gasteiger partial charge in [0.05, 0.1) is 8.48 Å². The van der Waals surface area contributed by atoms with E-state index in [0.717, 1.165) is 32.2 Å². The lowest BCUT2D eigenvalue weighted by Gasteiger charge is -2.11. The molecule has 30 heavy (non-hydrogen) atoms. The summed E-state index contributed by atoms with van der Waals surface area (Å²) in [4.78, 5) is 25.9. The van der Waals surface area contributed by atoms with E-state index in [2.05, 4.69) is 53.4 Å². The van der Waals surface area contributed by atoms with Crippen molar-refractivity contribution in [1.29, 1.82) is 0 Å². The second-order valence-electron chi connectivity index (χ2n) is 6.70. The van der Waals surface area contributed by atoms with Crippen LogP contribution in [0.25, 0.3) is 16.8 Å². The topological polar surface area (TPSA) is 46.6 Å². The van der Waals surface area contributed by atoms with Crippen LogP contribution in [-0.4, -0.2) is 22.6 Å². The molecule has 0 aliphatic carbocycles. The SMILES string of the molecule is C=CCN1C(=O)S/C(=C/c2ccc(OCc3cccc4ccccc34)c(I)c2)C1=O. The molecule has 3 aromatic carbocycles. The summed E-state index contributed by atoms with van der Waals surface area (Å²) < 4.78 is 7.01. The Morgan fingerprint density at radius 3 is 2.67 bits per heavy atom. The lowest BCUT2D eigenvalue weighted by atomic mass is 10.1. The summed E-state index contributed by atoms with van der Waals surface area (Å²) in [5, 5.41) is 2.10. The van der Waals surface area contributed by atoms with Gasteiger partial charge in [-0.1, -0.05) is 54.6 Å². The number of halogens is 1. The first-order chi connectivity index (χ1) is 14.6. The van der Waals surface area contributed by atoms with Crippen LogP contribution < -0.4 is 4.74 Å². The highest BCUT2D eigenvalue weighted by molar-refractivity contribution is 14.1. The van der Waals surface area contributed by atoms with Crippen molar-refractivity contribution in [2.75, 3.05) is 6.54 Å². The number of carbonyl (C=O) groups excluding carboxylic acids is 2. The number of rotatable bonds is 6. The van der Waals surface area contributed by atoms with Gasteiger partial charge in [-0.15, -0.1) is 6.58 Å². The molecule has 0 radical (unpaired) electrons. The van der Waals surface area contributed by atoms with Crippen LogP contribution in [0.1, 0.15) is 11.1 Å². The van der Waals surface area contributed by atoms with E-state index in [0.29, 0.717) is 11.5 Å². The molecule has 1 heterocycles. The number of nitrogens with zero attached hydrogens (tertiary/aromatic N) is 1. The van der Waals surface area contributed by atoms with E-state index in [4.69, 9.17) is 4.74 Å². The summed E-state index contributed by atoms with van der Waals surface area (Å²) in [6.07, 6.45) is 3.29. The average molecular weight is 527 g/mol. The Balaban J connectivity index is 1.50. The number of amides is 2. The molecule has 0 atom stereocenters. The number of fused-ring (bicyclic) bond motifs is 1. The monoisotopic (exact) mass is 527 g/mol. The maximum absolute atomic E-state index is 12.4. The van der Waals surface area contributed by atoms with E-state index in [-0.39, 0.29) is 17.7 Å². The summed E-state index contributed by atoms with van der Waals surface area (Å²) in [6, 6.07) is 20.2. The molecule has 0 spiro atoms. The first kappa shape index (κ1) is 20.7. The smallest absolute Gasteiger partial charge is 0.293 e. The molecule has 4 nitrogen and oxygen atoms in total. The molecule has 2 amide bonds. The van der Waals surface area contributed by atoms with Gasteiger partial charge in [0, 0.05) is 6.54 Å². The second-order valence-corrected chi connectivity index (χ2v) is 8.85. The van der Waals surface area contributed by atoms with Crippen molar-refractivity contribution in [2.24, 2.45) is 0 Å². The Morgan fingerprint density at radius 1 is 1.07 bits per heavy atom. The van der Waals surface area contributed by atoms with Gasteiger partial charge >= 0.3 is 0 Å². The minimum absolute atomic E-state index is 0.223. The van der Waals surface area contributed by atoms with Crippen molar-refractivity contribution in [1.82, 2.24) is 4.90 Å². The number of hydrogen-bond acceptors (Lipinski definition) is 4. The normalized spacial score (nSPS) is 15.2. The molecule has 0 N–H and O–H groups in total. The fraction of sp³-hybridized carbons (Fsp3) is 0.0833. The van der Waals surface area contributed by atoms with Crippen LogP contribution in [0, 0.1) is 3.57 Å². The molecule has 0 bridgehead atoms. The molecule has 1 aliphatic heterocycles. The number of benzene rings is 3. The Labute approximate surface area is 192 Å². The van der Waals surface area contributed by atoms with Crippen molar-refractivity contribution in [3.63, 3.8) is 0 Å². The van der Waals surface area contributed by atoms with E-state index < -0.39 is 0 Å². The molecule has 0 saturated carbocycles. The van der Waals surface area contributed by atoms with E-state index in [9.17, 15) is 9.59 Å². The Bertz CT molecular complexity index is 1180. The van der Waals surface area contributed by atoms with Gasteiger partial charge in [0.25, 0.3) is 11.1 Å². The summed E-state index contributed by atoms with van der Waals surface area (Å²) in [6.45, 7) is 4.28. The van der Waals surface area contributed by atoms with E-state index in [1.807, 2.05) is 36.4 Å². The maximum atomic E-state index is 12.4. The van der Waals surface area contributed by atoms with Crippen LogP contribution in [0.3, 0.4) is 0 Å². The molecule has 4 rings (SSSR count). The molecular weight excluding hydrogens is 509 g/mol. The van der Waals surface area contributed by atoms with Crippen molar-refractivity contribution in [2.45, 2.75) is 6.61 Å². The molecule has 0 aromatic heterocycles. The standard InChI is InChI=1S/C24H18INO3S/c1-2-12-26-23(27)22(30-24(26)28)14-16-10-11-21(20(25)13-16)29-15-18-8-5-7-17-6-3-4-9-19(17)18/h2-11,13-14H,1,12,15H2/b22-14+. The van der Waals surface area contributed by atoms with Crippen LogP contribution >= 0.6 is 34.4 Å². The van der Waals surface area contributed by atoms with Crippen molar-refractivity contribution in [3.05, 3.63) is 92.9 Å². The van der Waals surface area contributed by atoms with Crippen molar-refractivity contribution < 1.29 is 14.3 Å². The van der Waals surface area contributed by atoms with Gasteiger partial charge in [0.1, 0.15) is 12.4 Å². The van der Waals surface area contributed by atoms with Gasteiger partial charge in [0.15, 0.2) is 0 Å². The number of ether oxygens (including phenoxy) is 1. The summed E-state index contributed by atoms with van der Waals surface area (Å²) in [7, 11) is 0. The fourth-order valence-electron chi connectivity index (χ4n) is 3.24. The van der Waals surface area contributed by atoms with Crippen LogP contribution in [0.4, 0.5) is 4.79 Å². The fourth-order valence-corrected chi connectivity index (χ4v) is 4.78. The molecular formula is C24H18INO3S. The van der Waals surface area contributed by atoms with Gasteiger partial charge in [-0.25, -0.2) is 0 Å². The largest absolute Gasteiger partial charge is 0.488 e. The molecule has 1 saturated heterocycles. The average Bonchev–Trinajstić information content (AvgIpc) is 3.01. The summed E-state index contributed by atoms with van der Waals surface area (Å²) in [5.41, 5.74) is 1.98. The van der Waals surface area contributed by atoms with Gasteiger partial charge < -0.3 is 4.74 Å². The van der Waals surface area contributed by atoms with Gasteiger partial charge in [-0.05, 0) is 74.5 Å². The number of hydrogen-bond donors (Lipinski definition) is 0. The van der Waals surface area contributed by atoms with E-state index in [1.165, 1.54) is 15.7 Å². The second kappa shape index (κ2) is 9.06. The predicted molar refractivity (Wildman–Crippen MR) is 130 cm³/mol. The molecule has 0 unspecified atom stereocenters. The van der Waals surface area contributed by atoms with Crippen LogP contribution in [-0.2, 0) is 11.4 Å². The molecule has 6 heteroatoms. The third kappa shape index (κ3) is 4.29. The highest BCUT2D eigenvalue weighted by atomic mass is 127. The molecule has 3 aromatic rings. The third-order valence-corrected chi connectivity index (χ3v) is 6.45. The number of imide groups is 1. The lowest BCUT2D eigenvalue weighted by Crippen LogP contribution is -2.27. The van der Waals surface area contributed by atoms with Gasteiger partial charge in [-0.3, -0.25) is 14.5 Å². The van der Waals surface area contributed by atoms with Crippen LogP contribution in [0.2, 0.25) is 0 Å². The Morgan fingerprint density at radius 2 is 1.87 bits per heavy atom. The lowest BCUT2D eigenvalue weighted by molar-refractivity contribution is -0.122. The molecule has 1 fully saturated rings. The third-order valence-electron chi connectivity index (χ3n) is 4.70. The maximum Gasteiger partial charge on any atom is 0.293 e. The first-order valence-electron chi connectivity index (χ1n) is 9.32. The number of thioether (sulfide) groups is 1. The highest BCUT2D eigenvalue weighted by Gasteiger charge is 2.34. The zero-order chi connectivity index (χ0) is 21.1. The van der Waals surface area contributed by atoms with Gasteiger partial charge in [0.2, 0.25) is 0 Å². The minimum atomic E-state index is -0.281. The van der Waals surface area contributed by atoms with Crippen LogP contribution in [0.5, 0.6) is 5.75 Å². The zero-order valence-electron chi connectivity index (χ0n) is 16.0. The Hall–Kier alpha value is -2.58. The van der Waals surface area contributed by atoms with E-state index in [1.54, 1.807) is 12.2 Å². The quantitative estimate of drug-likeness (QED) is 0.216.